The van der Waals surface area contributed by atoms with Crippen molar-refractivity contribution in [3.63, 3.8) is 0 Å². The number of benzene rings is 2. The molecule has 0 bridgehead atoms. The largest absolute Gasteiger partial charge is 0.241 e. The van der Waals surface area contributed by atoms with Gasteiger partial charge in [-0.3, -0.25) is 0 Å². The summed E-state index contributed by atoms with van der Waals surface area (Å²) in [6.45, 7) is 2.22. The van der Waals surface area contributed by atoms with E-state index in [9.17, 15) is 0 Å². The molecule has 0 aliphatic rings. The number of nitrogens with zero attached hydrogens (tertiary/aromatic N) is 1. The van der Waals surface area contributed by atoms with Crippen LogP contribution in [0.1, 0.15) is 29.5 Å². The number of rotatable bonds is 4. The van der Waals surface area contributed by atoms with Crippen LogP contribution in [0.3, 0.4) is 0 Å². The second kappa shape index (κ2) is 5.54. The molecule has 1 heterocycles. The van der Waals surface area contributed by atoms with E-state index in [1.807, 2.05) is 6.07 Å². The van der Waals surface area contributed by atoms with Gasteiger partial charge in [0.25, 0.3) is 0 Å². The summed E-state index contributed by atoms with van der Waals surface area (Å²) < 4.78 is 1.28. The van der Waals surface area contributed by atoms with E-state index in [1.165, 1.54) is 33.7 Å². The monoisotopic (exact) mass is 267 g/mol. The fourth-order valence-electron chi connectivity index (χ4n) is 2.28. The van der Waals surface area contributed by atoms with E-state index >= 15 is 0 Å². The molecule has 0 radical (unpaired) electrons. The van der Waals surface area contributed by atoms with Crippen LogP contribution in [0.15, 0.2) is 48.5 Å². The third-order valence-corrected chi connectivity index (χ3v) is 4.29. The lowest BCUT2D eigenvalue weighted by molar-refractivity contribution is 0.920. The summed E-state index contributed by atoms with van der Waals surface area (Å²) in [5, 5.41) is 1.20. The van der Waals surface area contributed by atoms with Gasteiger partial charge >= 0.3 is 0 Å². The fourth-order valence-corrected chi connectivity index (χ4v) is 3.28. The zero-order valence-electron chi connectivity index (χ0n) is 11.1. The van der Waals surface area contributed by atoms with Gasteiger partial charge in [0, 0.05) is 6.42 Å². The molecule has 3 aromatic rings. The molecule has 0 aliphatic carbocycles. The maximum Gasteiger partial charge on any atom is 0.0982 e. The normalized spacial score (nSPS) is 11.0. The molecule has 19 heavy (non-hydrogen) atoms. The van der Waals surface area contributed by atoms with Crippen molar-refractivity contribution >= 4 is 21.6 Å². The molecule has 0 aliphatic heterocycles. The zero-order valence-corrected chi connectivity index (χ0v) is 11.9. The Bertz CT molecular complexity index is 634. The van der Waals surface area contributed by atoms with Gasteiger partial charge in [-0.25, -0.2) is 4.98 Å². The van der Waals surface area contributed by atoms with Crippen LogP contribution in [0.25, 0.3) is 10.2 Å². The van der Waals surface area contributed by atoms with E-state index in [-0.39, 0.29) is 0 Å². The lowest BCUT2D eigenvalue weighted by Crippen LogP contribution is -1.88. The van der Waals surface area contributed by atoms with Crippen molar-refractivity contribution in [3.8, 4) is 0 Å². The summed E-state index contributed by atoms with van der Waals surface area (Å²) in [5.74, 6) is 0. The molecular formula is C17H17NS. The molecule has 0 unspecified atom stereocenters. The van der Waals surface area contributed by atoms with E-state index in [0.717, 1.165) is 11.9 Å². The van der Waals surface area contributed by atoms with E-state index in [2.05, 4.69) is 54.4 Å². The van der Waals surface area contributed by atoms with Gasteiger partial charge in [0.15, 0.2) is 0 Å². The number of thiazole rings is 1. The van der Waals surface area contributed by atoms with Crippen LogP contribution in [0, 0.1) is 0 Å². The highest BCUT2D eigenvalue weighted by molar-refractivity contribution is 7.18. The quantitative estimate of drug-likeness (QED) is 0.659. The molecule has 96 valence electrons. The summed E-state index contributed by atoms with van der Waals surface area (Å²) in [5.41, 5.74) is 3.89. The Labute approximate surface area is 117 Å². The number of fused-ring (bicyclic) bond motifs is 1. The lowest BCUT2D eigenvalue weighted by atomic mass is 10.1. The Morgan fingerprint density at radius 3 is 2.42 bits per heavy atom. The minimum atomic E-state index is 0.936. The number of para-hydroxylation sites is 1. The van der Waals surface area contributed by atoms with Crippen molar-refractivity contribution in [1.29, 1.82) is 0 Å². The van der Waals surface area contributed by atoms with Crippen molar-refractivity contribution in [2.24, 2.45) is 0 Å². The molecule has 0 saturated heterocycles. The summed E-state index contributed by atoms with van der Waals surface area (Å²) in [6.07, 6.45) is 3.31. The Morgan fingerprint density at radius 1 is 0.947 bits per heavy atom. The third-order valence-electron chi connectivity index (χ3n) is 3.26. The molecule has 0 saturated carbocycles. The van der Waals surface area contributed by atoms with Crippen LogP contribution in [-0.4, -0.2) is 4.98 Å². The Hall–Kier alpha value is -1.67. The van der Waals surface area contributed by atoms with E-state index in [4.69, 9.17) is 0 Å². The first kappa shape index (κ1) is 12.4. The standard InChI is InChI=1S/C17H17NS/c1-2-5-13-8-10-14(11-9-13)12-17-18-15-6-3-4-7-16(15)19-17/h3-4,6-11H,2,5,12H2,1H3. The van der Waals surface area contributed by atoms with Gasteiger partial charge in [-0.2, -0.15) is 0 Å². The average Bonchev–Trinajstić information content (AvgIpc) is 2.83. The summed E-state index contributed by atoms with van der Waals surface area (Å²) >= 11 is 1.80. The molecule has 0 amide bonds. The van der Waals surface area contributed by atoms with Crippen LogP contribution in [-0.2, 0) is 12.8 Å². The summed E-state index contributed by atoms with van der Waals surface area (Å²) in [7, 11) is 0. The van der Waals surface area contributed by atoms with Gasteiger partial charge in [0.1, 0.15) is 0 Å². The van der Waals surface area contributed by atoms with Crippen LogP contribution in [0.4, 0.5) is 0 Å². The molecule has 2 aromatic carbocycles. The first-order valence-corrected chi connectivity index (χ1v) is 7.59. The molecule has 2 heteroatoms. The number of aryl methyl sites for hydroxylation is 1. The van der Waals surface area contributed by atoms with Gasteiger partial charge in [0.05, 0.1) is 15.2 Å². The first-order chi connectivity index (χ1) is 9.35. The van der Waals surface area contributed by atoms with E-state index in [1.54, 1.807) is 11.3 Å². The Balaban J connectivity index is 1.80. The second-order valence-electron chi connectivity index (χ2n) is 4.82. The molecule has 3 rings (SSSR count). The maximum atomic E-state index is 4.69. The lowest BCUT2D eigenvalue weighted by Gasteiger charge is -2.01. The molecule has 1 aromatic heterocycles. The van der Waals surface area contributed by atoms with Crippen molar-refractivity contribution in [1.82, 2.24) is 4.98 Å². The van der Waals surface area contributed by atoms with Crippen LogP contribution >= 0.6 is 11.3 Å². The summed E-state index contributed by atoms with van der Waals surface area (Å²) in [4.78, 5) is 4.69. The molecule has 0 atom stereocenters. The van der Waals surface area contributed by atoms with Crippen LogP contribution < -0.4 is 0 Å². The highest BCUT2D eigenvalue weighted by Crippen LogP contribution is 2.23. The minimum Gasteiger partial charge on any atom is -0.241 e. The predicted molar refractivity (Wildman–Crippen MR) is 82.9 cm³/mol. The highest BCUT2D eigenvalue weighted by Gasteiger charge is 2.04. The van der Waals surface area contributed by atoms with E-state index in [0.29, 0.717) is 0 Å². The van der Waals surface area contributed by atoms with Crippen molar-refractivity contribution in [2.75, 3.05) is 0 Å². The average molecular weight is 267 g/mol. The van der Waals surface area contributed by atoms with Gasteiger partial charge in [-0.15, -0.1) is 11.3 Å². The maximum absolute atomic E-state index is 4.69. The topological polar surface area (TPSA) is 12.9 Å². The third kappa shape index (κ3) is 2.85. The summed E-state index contributed by atoms with van der Waals surface area (Å²) in [6, 6.07) is 17.3. The minimum absolute atomic E-state index is 0.936. The molecule has 1 nitrogen and oxygen atoms in total. The predicted octanol–water partition coefficient (Wildman–Crippen LogP) is 4.84. The van der Waals surface area contributed by atoms with Gasteiger partial charge < -0.3 is 0 Å². The van der Waals surface area contributed by atoms with Crippen molar-refractivity contribution < 1.29 is 0 Å². The van der Waals surface area contributed by atoms with Gasteiger partial charge in [-0.05, 0) is 29.7 Å². The second-order valence-corrected chi connectivity index (χ2v) is 5.93. The molecule has 0 N–H and O–H groups in total. The SMILES string of the molecule is CCCc1ccc(Cc2nc3ccccc3s2)cc1. The Kier molecular flexibility index (Phi) is 3.60. The number of hydrogen-bond donors (Lipinski definition) is 0. The van der Waals surface area contributed by atoms with Gasteiger partial charge in [0.2, 0.25) is 0 Å². The first-order valence-electron chi connectivity index (χ1n) is 6.77. The number of hydrogen-bond acceptors (Lipinski definition) is 2. The van der Waals surface area contributed by atoms with Crippen molar-refractivity contribution in [3.05, 3.63) is 64.7 Å². The highest BCUT2D eigenvalue weighted by atomic mass is 32.1. The van der Waals surface area contributed by atoms with Crippen LogP contribution in [0.5, 0.6) is 0 Å². The van der Waals surface area contributed by atoms with Crippen LogP contribution in [0.2, 0.25) is 0 Å². The number of aromatic nitrogens is 1. The van der Waals surface area contributed by atoms with Crippen molar-refractivity contribution in [2.45, 2.75) is 26.2 Å². The van der Waals surface area contributed by atoms with Gasteiger partial charge in [-0.1, -0.05) is 49.7 Å². The fraction of sp³-hybridized carbons (Fsp3) is 0.235. The molecular weight excluding hydrogens is 250 g/mol. The Morgan fingerprint density at radius 2 is 1.68 bits per heavy atom. The smallest absolute Gasteiger partial charge is 0.0982 e. The zero-order chi connectivity index (χ0) is 13.1. The molecule has 0 fully saturated rings. The van der Waals surface area contributed by atoms with E-state index < -0.39 is 0 Å². The molecule has 0 spiro atoms.